The highest BCUT2D eigenvalue weighted by Gasteiger charge is 2.16. The summed E-state index contributed by atoms with van der Waals surface area (Å²) in [5, 5.41) is 10.7. The van der Waals surface area contributed by atoms with Gasteiger partial charge in [-0.05, 0) is 26.3 Å². The predicted octanol–water partition coefficient (Wildman–Crippen LogP) is 3.07. The SMILES string of the molecule is CN=C(NCc1ccc(C)cc1)NCC(C)c1c(C)noc1C. The Labute approximate surface area is 138 Å². The summed E-state index contributed by atoms with van der Waals surface area (Å²) in [7, 11) is 1.78. The first kappa shape index (κ1) is 17.1. The van der Waals surface area contributed by atoms with Crippen LogP contribution in [0.2, 0.25) is 0 Å². The molecule has 0 amide bonds. The fourth-order valence-electron chi connectivity index (χ4n) is 2.66. The lowest BCUT2D eigenvalue weighted by Crippen LogP contribution is -2.38. The second kappa shape index (κ2) is 7.81. The zero-order chi connectivity index (χ0) is 16.8. The monoisotopic (exact) mass is 314 g/mol. The molecule has 2 N–H and O–H groups in total. The average Bonchev–Trinajstić information content (AvgIpc) is 2.88. The number of hydrogen-bond acceptors (Lipinski definition) is 3. The van der Waals surface area contributed by atoms with Crippen molar-refractivity contribution < 1.29 is 4.52 Å². The molecule has 23 heavy (non-hydrogen) atoms. The van der Waals surface area contributed by atoms with Crippen LogP contribution in [-0.2, 0) is 6.54 Å². The van der Waals surface area contributed by atoms with Gasteiger partial charge in [0.2, 0.25) is 0 Å². The van der Waals surface area contributed by atoms with Gasteiger partial charge < -0.3 is 15.2 Å². The van der Waals surface area contributed by atoms with Gasteiger partial charge in [-0.2, -0.15) is 0 Å². The number of benzene rings is 1. The highest BCUT2D eigenvalue weighted by molar-refractivity contribution is 5.79. The Morgan fingerprint density at radius 2 is 1.87 bits per heavy atom. The van der Waals surface area contributed by atoms with Gasteiger partial charge in [0.25, 0.3) is 0 Å². The van der Waals surface area contributed by atoms with Gasteiger partial charge in [-0.15, -0.1) is 0 Å². The third kappa shape index (κ3) is 4.58. The van der Waals surface area contributed by atoms with E-state index < -0.39 is 0 Å². The predicted molar refractivity (Wildman–Crippen MR) is 93.8 cm³/mol. The first-order valence-corrected chi connectivity index (χ1v) is 7.94. The first-order valence-electron chi connectivity index (χ1n) is 7.94. The Bertz CT molecular complexity index is 639. The quantitative estimate of drug-likeness (QED) is 0.658. The molecular weight excluding hydrogens is 288 g/mol. The molecule has 5 heteroatoms. The van der Waals surface area contributed by atoms with Gasteiger partial charge in [0.1, 0.15) is 5.76 Å². The maximum Gasteiger partial charge on any atom is 0.191 e. The van der Waals surface area contributed by atoms with Gasteiger partial charge in [0.05, 0.1) is 5.69 Å². The number of aryl methyl sites for hydroxylation is 3. The molecule has 124 valence electrons. The number of nitrogens with zero attached hydrogens (tertiary/aromatic N) is 2. The van der Waals surface area contributed by atoms with E-state index in [9.17, 15) is 0 Å². The standard InChI is InChI=1S/C18H26N4O/c1-12-6-8-16(9-7-12)11-21-18(19-5)20-10-13(2)17-14(3)22-23-15(17)4/h6-9,13H,10-11H2,1-5H3,(H2,19,20,21). The van der Waals surface area contributed by atoms with Crippen LogP contribution in [0.25, 0.3) is 0 Å². The van der Waals surface area contributed by atoms with Crippen LogP contribution in [0, 0.1) is 20.8 Å². The average molecular weight is 314 g/mol. The van der Waals surface area contributed by atoms with Crippen molar-refractivity contribution in [3.8, 4) is 0 Å². The van der Waals surface area contributed by atoms with Crippen LogP contribution in [0.3, 0.4) is 0 Å². The van der Waals surface area contributed by atoms with Crippen molar-refractivity contribution in [2.75, 3.05) is 13.6 Å². The lowest BCUT2D eigenvalue weighted by molar-refractivity contribution is 0.391. The molecule has 0 fully saturated rings. The van der Waals surface area contributed by atoms with Crippen LogP contribution in [0.5, 0.6) is 0 Å². The Kier molecular flexibility index (Phi) is 5.79. The van der Waals surface area contributed by atoms with Gasteiger partial charge in [-0.1, -0.05) is 41.9 Å². The van der Waals surface area contributed by atoms with Crippen molar-refractivity contribution in [1.82, 2.24) is 15.8 Å². The topological polar surface area (TPSA) is 62.5 Å². The fraction of sp³-hybridized carbons (Fsp3) is 0.444. The molecule has 0 saturated heterocycles. The molecule has 0 spiro atoms. The molecule has 1 aromatic heterocycles. The van der Waals surface area contributed by atoms with Gasteiger partial charge in [-0.25, -0.2) is 0 Å². The minimum Gasteiger partial charge on any atom is -0.361 e. The van der Waals surface area contributed by atoms with E-state index in [0.717, 1.165) is 30.5 Å². The first-order chi connectivity index (χ1) is 11.0. The number of aliphatic imine (C=N–C) groups is 1. The third-order valence-corrected chi connectivity index (χ3v) is 3.96. The molecule has 0 bridgehead atoms. The van der Waals surface area contributed by atoms with Crippen LogP contribution < -0.4 is 10.6 Å². The summed E-state index contributed by atoms with van der Waals surface area (Å²) in [5.74, 6) is 1.99. The Morgan fingerprint density at radius 3 is 2.43 bits per heavy atom. The molecule has 0 radical (unpaired) electrons. The van der Waals surface area contributed by atoms with E-state index in [1.165, 1.54) is 16.7 Å². The Morgan fingerprint density at radius 1 is 1.17 bits per heavy atom. The maximum atomic E-state index is 5.24. The van der Waals surface area contributed by atoms with E-state index in [-0.39, 0.29) is 0 Å². The van der Waals surface area contributed by atoms with E-state index in [1.54, 1.807) is 7.05 Å². The highest BCUT2D eigenvalue weighted by Crippen LogP contribution is 2.22. The number of guanidine groups is 1. The molecule has 1 atom stereocenters. The molecule has 1 unspecified atom stereocenters. The number of hydrogen-bond donors (Lipinski definition) is 2. The van der Waals surface area contributed by atoms with Crippen molar-refractivity contribution in [3.05, 3.63) is 52.4 Å². The fourth-order valence-corrected chi connectivity index (χ4v) is 2.66. The smallest absolute Gasteiger partial charge is 0.191 e. The normalized spacial score (nSPS) is 13.0. The van der Waals surface area contributed by atoms with Crippen molar-refractivity contribution in [2.24, 2.45) is 4.99 Å². The number of aromatic nitrogens is 1. The maximum absolute atomic E-state index is 5.24. The van der Waals surface area contributed by atoms with Crippen LogP contribution in [0.1, 0.15) is 41.0 Å². The minimum atomic E-state index is 0.305. The van der Waals surface area contributed by atoms with Gasteiger partial charge in [-0.3, -0.25) is 4.99 Å². The molecule has 1 heterocycles. The lowest BCUT2D eigenvalue weighted by atomic mass is 10.00. The summed E-state index contributed by atoms with van der Waals surface area (Å²) in [6, 6.07) is 8.49. The minimum absolute atomic E-state index is 0.305. The molecule has 0 aliphatic heterocycles. The molecule has 5 nitrogen and oxygen atoms in total. The molecule has 2 rings (SSSR count). The van der Waals surface area contributed by atoms with E-state index in [4.69, 9.17) is 4.52 Å². The Hall–Kier alpha value is -2.30. The van der Waals surface area contributed by atoms with E-state index in [1.807, 2.05) is 13.8 Å². The molecule has 1 aromatic carbocycles. The molecular formula is C18H26N4O. The van der Waals surface area contributed by atoms with Crippen molar-refractivity contribution in [2.45, 2.75) is 40.2 Å². The molecule has 2 aromatic rings. The van der Waals surface area contributed by atoms with Crippen molar-refractivity contribution in [1.29, 1.82) is 0 Å². The summed E-state index contributed by atoms with van der Waals surface area (Å²) < 4.78 is 5.24. The van der Waals surface area contributed by atoms with Crippen LogP contribution in [0.4, 0.5) is 0 Å². The van der Waals surface area contributed by atoms with Crippen LogP contribution in [-0.4, -0.2) is 24.7 Å². The second-order valence-corrected chi connectivity index (χ2v) is 5.93. The zero-order valence-electron chi connectivity index (χ0n) is 14.6. The Balaban J connectivity index is 1.86. The highest BCUT2D eigenvalue weighted by atomic mass is 16.5. The lowest BCUT2D eigenvalue weighted by Gasteiger charge is -2.16. The van der Waals surface area contributed by atoms with E-state index in [2.05, 4.69) is 58.9 Å². The molecule has 0 aliphatic rings. The zero-order valence-corrected chi connectivity index (χ0v) is 14.6. The molecule has 0 saturated carbocycles. The van der Waals surface area contributed by atoms with Gasteiger partial charge in [0, 0.05) is 31.6 Å². The van der Waals surface area contributed by atoms with Gasteiger partial charge in [0.15, 0.2) is 5.96 Å². The summed E-state index contributed by atoms with van der Waals surface area (Å²) in [6.07, 6.45) is 0. The second-order valence-electron chi connectivity index (χ2n) is 5.93. The van der Waals surface area contributed by atoms with E-state index in [0.29, 0.717) is 5.92 Å². The van der Waals surface area contributed by atoms with Gasteiger partial charge >= 0.3 is 0 Å². The third-order valence-electron chi connectivity index (χ3n) is 3.96. The summed E-state index contributed by atoms with van der Waals surface area (Å²) in [5.41, 5.74) is 4.63. The summed E-state index contributed by atoms with van der Waals surface area (Å²) >= 11 is 0. The summed E-state index contributed by atoms with van der Waals surface area (Å²) in [4.78, 5) is 4.27. The summed E-state index contributed by atoms with van der Waals surface area (Å²) in [6.45, 7) is 9.71. The van der Waals surface area contributed by atoms with Crippen molar-refractivity contribution in [3.63, 3.8) is 0 Å². The van der Waals surface area contributed by atoms with Crippen LogP contribution >= 0.6 is 0 Å². The number of rotatable bonds is 5. The van der Waals surface area contributed by atoms with Crippen molar-refractivity contribution >= 4 is 5.96 Å². The number of nitrogens with one attached hydrogen (secondary N) is 2. The molecule has 0 aliphatic carbocycles. The largest absolute Gasteiger partial charge is 0.361 e. The van der Waals surface area contributed by atoms with E-state index >= 15 is 0 Å². The van der Waals surface area contributed by atoms with Crippen LogP contribution in [0.15, 0.2) is 33.8 Å².